The molecule has 0 N–H and O–H groups in total. The van der Waals surface area contributed by atoms with Crippen LogP contribution >= 0.6 is 11.8 Å². The predicted molar refractivity (Wildman–Crippen MR) is 561 cm³/mol. The zero-order valence-electron chi connectivity index (χ0n) is 76.1. The van der Waals surface area contributed by atoms with Crippen molar-refractivity contribution in [3.05, 3.63) is 447 Å². The Balaban J connectivity index is 0.000000120. The van der Waals surface area contributed by atoms with Crippen LogP contribution in [-0.4, -0.2) is 27.7 Å². The number of hydrogen-bond acceptors (Lipinski definition) is 9. The number of rotatable bonds is 26. The molecule has 134 heavy (non-hydrogen) atoms. The lowest BCUT2D eigenvalue weighted by atomic mass is 9.95. The Morgan fingerprint density at radius 1 is 0.261 bits per heavy atom. The fraction of sp³-hybridized carbons (Fsp3) is 0.129. The summed E-state index contributed by atoms with van der Waals surface area (Å²) in [4.78, 5) is 59.4. The van der Waals surface area contributed by atoms with Crippen molar-refractivity contribution >= 4 is 129 Å². The number of carbonyl (C=O) groups is 4. The van der Waals surface area contributed by atoms with E-state index in [-0.39, 0.29) is 23.1 Å². The van der Waals surface area contributed by atoms with Crippen molar-refractivity contribution in [2.45, 2.75) is 115 Å². The van der Waals surface area contributed by atoms with E-state index in [0.29, 0.717) is 25.7 Å². The normalized spacial score (nSPS) is 11.6. The molecule has 0 fully saturated rings. The van der Waals surface area contributed by atoms with Gasteiger partial charge in [-0.1, -0.05) is 356 Å². The van der Waals surface area contributed by atoms with Crippen LogP contribution in [0.4, 0.5) is 51.2 Å². The van der Waals surface area contributed by atoms with Gasteiger partial charge >= 0.3 is 0 Å². The molecule has 2 aliphatic rings. The molecule has 0 amide bonds. The summed E-state index contributed by atoms with van der Waals surface area (Å²) < 4.78 is 8.52. The smallest absolute Gasteiger partial charge is 0.162 e. The number of nitrogens with zero attached hydrogens (tertiary/aromatic N) is 4. The lowest BCUT2D eigenvalue weighted by Crippen LogP contribution is -2.15. The number of aromatic nitrogens is 1. The van der Waals surface area contributed by atoms with E-state index in [1.165, 1.54) is 75.8 Å². The average Bonchev–Trinajstić information content (AvgIpc) is 1.07. The van der Waals surface area contributed by atoms with E-state index in [2.05, 4.69) is 362 Å². The number of ketones is 4. The number of para-hydroxylation sites is 10. The van der Waals surface area contributed by atoms with E-state index < -0.39 is 0 Å². The van der Waals surface area contributed by atoms with Crippen LogP contribution in [0.2, 0.25) is 0 Å². The monoisotopic (exact) mass is 1760 g/mol. The van der Waals surface area contributed by atoms with Gasteiger partial charge in [0.2, 0.25) is 0 Å². The number of ether oxygens (including phenoxy) is 1. The van der Waals surface area contributed by atoms with Gasteiger partial charge in [0.05, 0.1) is 45.2 Å². The van der Waals surface area contributed by atoms with Gasteiger partial charge in [0.1, 0.15) is 0 Å². The highest BCUT2D eigenvalue weighted by Crippen LogP contribution is 2.54. The number of benzene rings is 18. The molecule has 18 aromatic carbocycles. The topological polar surface area (TPSA) is 92.2 Å². The summed E-state index contributed by atoms with van der Waals surface area (Å²) in [5.74, 6) is 2.55. The fourth-order valence-electron chi connectivity index (χ4n) is 18.2. The van der Waals surface area contributed by atoms with Crippen molar-refractivity contribution in [1.29, 1.82) is 0 Å². The lowest BCUT2D eigenvalue weighted by molar-refractivity contribution is 0.0972. The molecule has 0 spiro atoms. The molecule has 21 rings (SSSR count). The number of hydrogen-bond donors (Lipinski definition) is 0. The summed E-state index contributed by atoms with van der Waals surface area (Å²) >= 11 is 1.81. The minimum absolute atomic E-state index is 0.209. The van der Waals surface area contributed by atoms with Gasteiger partial charge in [0, 0.05) is 102 Å². The summed E-state index contributed by atoms with van der Waals surface area (Å²) in [6.45, 7) is 8.45. The molecular weight excluding hydrogens is 1660 g/mol. The molecule has 2 aliphatic heterocycles. The third-order valence-corrected chi connectivity index (χ3v) is 26.2. The van der Waals surface area contributed by atoms with E-state index in [4.69, 9.17) is 4.74 Å². The van der Waals surface area contributed by atoms with Gasteiger partial charge in [-0.25, -0.2) is 0 Å². The minimum atomic E-state index is 0.209. The Morgan fingerprint density at radius 2 is 0.604 bits per heavy atom. The Labute approximate surface area is 790 Å². The van der Waals surface area contributed by atoms with E-state index in [1.54, 1.807) is 0 Å². The third-order valence-electron chi connectivity index (χ3n) is 25.1. The molecule has 0 saturated heterocycles. The number of fused-ring (bicyclic) bond motifs is 9. The molecule has 1 aromatic heterocycles. The van der Waals surface area contributed by atoms with Crippen molar-refractivity contribution in [2.75, 3.05) is 14.7 Å². The second-order valence-corrected chi connectivity index (χ2v) is 35.1. The Hall–Kier alpha value is -15.5. The van der Waals surface area contributed by atoms with Crippen LogP contribution in [0.3, 0.4) is 0 Å². The summed E-state index contributed by atoms with van der Waals surface area (Å²) in [6.07, 6.45) is 10.3. The van der Waals surface area contributed by atoms with Crippen molar-refractivity contribution in [2.24, 2.45) is 0 Å². The van der Waals surface area contributed by atoms with Crippen LogP contribution in [0.15, 0.2) is 434 Å². The van der Waals surface area contributed by atoms with Crippen molar-refractivity contribution < 1.29 is 23.9 Å². The van der Waals surface area contributed by atoms with Crippen LogP contribution < -0.4 is 19.4 Å². The SMILES string of the molecule is CCCCC(=O)c1ccc(-c2ccc(-n3c4ccccc4c4ccccc43)c3ccccc23)cc1.CCCCC(=O)c1ccc(-c2ccc(N(c3ccccc3)c3ccccc3)c3ccccc23)cc1.CCCCC(=O)c1cccc(-c2cccc(N3c4ccccc4Oc4ccccc43)c2)c1.CCCCC(=O)c1cccc(-c2cccc(N3c4ccccc4Sc4ccccc43)c2)c1. The van der Waals surface area contributed by atoms with Crippen molar-refractivity contribution in [3.63, 3.8) is 0 Å². The molecule has 0 unspecified atom stereocenters. The summed E-state index contributed by atoms with van der Waals surface area (Å²) in [6, 6.07) is 147. The largest absolute Gasteiger partial charge is 0.453 e. The molecule has 19 aromatic rings. The van der Waals surface area contributed by atoms with Crippen LogP contribution in [0.25, 0.3) is 93.5 Å². The van der Waals surface area contributed by atoms with Crippen LogP contribution in [-0.2, 0) is 0 Å². The summed E-state index contributed by atoms with van der Waals surface area (Å²) in [5, 5.41) is 7.31. The highest BCUT2D eigenvalue weighted by atomic mass is 32.2. The maximum Gasteiger partial charge on any atom is 0.162 e. The first-order valence-corrected chi connectivity index (χ1v) is 47.8. The van der Waals surface area contributed by atoms with E-state index in [0.717, 1.165) is 164 Å². The molecule has 0 saturated carbocycles. The first-order valence-electron chi connectivity index (χ1n) is 47.0. The lowest BCUT2D eigenvalue weighted by Gasteiger charge is -2.33. The fourth-order valence-corrected chi connectivity index (χ4v) is 19.2. The Bertz CT molecular complexity index is 7040. The van der Waals surface area contributed by atoms with Gasteiger partial charge < -0.3 is 24.0 Å². The van der Waals surface area contributed by atoms with Gasteiger partial charge in [-0.3, -0.25) is 19.2 Å². The first kappa shape index (κ1) is 89.1. The van der Waals surface area contributed by atoms with Crippen LogP contribution in [0.5, 0.6) is 11.5 Å². The molecule has 0 atom stereocenters. The zero-order chi connectivity index (χ0) is 91.6. The molecular formula is C124H106N4O5S. The van der Waals surface area contributed by atoms with E-state index in [9.17, 15) is 19.2 Å². The maximum absolute atomic E-state index is 12.6. The zero-order valence-corrected chi connectivity index (χ0v) is 77.0. The standard InChI is InChI=1S/C33H27NO.C33H29NO.C29H25NO2.C29H25NOS/c1-2-3-16-33(35)24-19-17-23(18-20-24)25-21-22-32(27-11-5-4-10-26(25)27)34-30-14-8-6-12-28(30)29-13-7-9-15-31(29)34;1-2-3-18-33(35)26-21-19-25(20-22-26)29-23-24-32(31-17-11-10-16-30(29)31)34(27-12-6-4-7-13-27)28-14-8-5-9-15-28;2*1-2-3-16-27(31)23-12-8-10-21(19-23)22-11-9-13-24(20-22)30-25-14-4-6-17-28(25)32-29-18-7-5-15-26(29)30/h4-15,17-22H,2-3,16H2,1H3;4-17,19-24H,2-3,18H2,1H3;2*4-15,17-20H,2-3,16H2,1H3. The average molecular weight is 1760 g/mol. The van der Waals surface area contributed by atoms with Gasteiger partial charge in [-0.2, -0.15) is 0 Å². The number of anilines is 9. The predicted octanol–water partition coefficient (Wildman–Crippen LogP) is 35.3. The quantitative estimate of drug-likeness (QED) is 0.0492. The molecule has 0 bridgehead atoms. The van der Waals surface area contributed by atoms with Gasteiger partial charge in [0.15, 0.2) is 34.6 Å². The number of unbranched alkanes of at least 4 members (excludes halogenated alkanes) is 4. The van der Waals surface area contributed by atoms with Crippen molar-refractivity contribution in [3.8, 4) is 61.7 Å². The number of Topliss-reactive ketones (excluding diaryl/α,β-unsaturated/α-hetero) is 4. The minimum Gasteiger partial charge on any atom is -0.453 e. The van der Waals surface area contributed by atoms with Gasteiger partial charge in [0.25, 0.3) is 0 Å². The van der Waals surface area contributed by atoms with Crippen molar-refractivity contribution in [1.82, 2.24) is 4.57 Å². The molecule has 9 nitrogen and oxygen atoms in total. The highest BCUT2D eigenvalue weighted by molar-refractivity contribution is 7.99. The Kier molecular flexibility index (Phi) is 28.0. The van der Waals surface area contributed by atoms with Crippen LogP contribution in [0.1, 0.15) is 146 Å². The first-order chi connectivity index (χ1) is 66.0. The van der Waals surface area contributed by atoms with Gasteiger partial charge in [-0.05, 0) is 214 Å². The van der Waals surface area contributed by atoms with E-state index >= 15 is 0 Å². The second kappa shape index (κ2) is 42.2. The highest BCUT2D eigenvalue weighted by Gasteiger charge is 2.29. The summed E-state index contributed by atoms with van der Waals surface area (Å²) in [7, 11) is 0. The molecule has 0 aliphatic carbocycles. The number of carbonyl (C=O) groups excluding carboxylic acids is 4. The third kappa shape index (κ3) is 19.5. The summed E-state index contributed by atoms with van der Waals surface area (Å²) in [5.41, 5.74) is 25.6. The second-order valence-electron chi connectivity index (χ2n) is 34.0. The van der Waals surface area contributed by atoms with Gasteiger partial charge in [-0.15, -0.1) is 0 Å². The molecule has 658 valence electrons. The van der Waals surface area contributed by atoms with E-state index in [1.807, 2.05) is 121 Å². The maximum atomic E-state index is 12.6. The molecule has 10 heteroatoms. The molecule has 3 heterocycles. The van der Waals surface area contributed by atoms with Crippen LogP contribution in [0, 0.1) is 0 Å². The Morgan fingerprint density at radius 3 is 1.05 bits per heavy atom. The molecule has 0 radical (unpaired) electrons.